The summed E-state index contributed by atoms with van der Waals surface area (Å²) in [5.41, 5.74) is -26.4. The van der Waals surface area contributed by atoms with Gasteiger partial charge in [0.25, 0.3) is 0 Å². The Hall–Kier alpha value is -6.24. The first kappa shape index (κ1) is 40.0. The van der Waals surface area contributed by atoms with Crippen molar-refractivity contribution in [2.24, 2.45) is 0 Å². The molecule has 0 aromatic heterocycles. The van der Waals surface area contributed by atoms with E-state index < -0.39 is 91.8 Å². The largest absolute Gasteiger partial charge is 0.382 e. The molecule has 4 atom stereocenters. The molecule has 0 bridgehead atoms. The average Bonchev–Trinajstić information content (AvgIpc) is 3.28. The number of carbonyl (C=O) groups is 4. The van der Waals surface area contributed by atoms with Gasteiger partial charge in [-0.1, -0.05) is 182 Å². The van der Waals surface area contributed by atoms with E-state index in [1.807, 2.05) is 0 Å². The van der Waals surface area contributed by atoms with Crippen molar-refractivity contribution >= 4 is 23.1 Å². The number of aliphatic hydroxyl groups is 6. The SMILES string of the molecule is O=C(c1ccccc1)C1(O)[C@@](O)(Cc2ccccc2)[C@](O)(C(=O)c2ccccc2)C(O)(C(=O)c2ccccc2)[C@@](O)(C(=O)c2ccccc2)[C@]1(O)Cc1ccccc1. The Kier molecular flexibility index (Phi) is 10.3. The van der Waals surface area contributed by atoms with Crippen molar-refractivity contribution in [3.05, 3.63) is 215 Å². The topological polar surface area (TPSA) is 190 Å². The molecular formula is C48H40O10. The van der Waals surface area contributed by atoms with Gasteiger partial charge in [-0.25, -0.2) is 0 Å². The second kappa shape index (κ2) is 14.9. The highest BCUT2D eigenvalue weighted by molar-refractivity contribution is 6.21. The molecule has 7 rings (SSSR count). The van der Waals surface area contributed by atoms with Crippen LogP contribution in [0.25, 0.3) is 0 Å². The first-order valence-electron chi connectivity index (χ1n) is 18.5. The summed E-state index contributed by atoms with van der Waals surface area (Å²) in [5.74, 6) is -6.59. The molecule has 6 aromatic carbocycles. The van der Waals surface area contributed by atoms with Crippen LogP contribution in [0.15, 0.2) is 182 Å². The molecule has 1 aliphatic carbocycles. The van der Waals surface area contributed by atoms with Crippen molar-refractivity contribution in [2.45, 2.75) is 46.4 Å². The summed E-state index contributed by atoms with van der Waals surface area (Å²) in [6.45, 7) is 0. The summed E-state index contributed by atoms with van der Waals surface area (Å²) >= 11 is 0. The predicted molar refractivity (Wildman–Crippen MR) is 213 cm³/mol. The van der Waals surface area contributed by atoms with Gasteiger partial charge in [-0.2, -0.15) is 0 Å². The Bertz CT molecular complexity index is 2330. The molecule has 1 aliphatic rings. The van der Waals surface area contributed by atoms with E-state index in [-0.39, 0.29) is 11.1 Å². The minimum absolute atomic E-state index is 0.0416. The highest BCUT2D eigenvalue weighted by Crippen LogP contribution is 2.63. The highest BCUT2D eigenvalue weighted by Gasteiger charge is 2.95. The van der Waals surface area contributed by atoms with Crippen LogP contribution in [0.5, 0.6) is 0 Å². The molecule has 6 N–H and O–H groups in total. The number of hydrogen-bond donors (Lipinski definition) is 6. The molecule has 0 heterocycles. The van der Waals surface area contributed by atoms with Crippen molar-refractivity contribution in [1.29, 1.82) is 0 Å². The zero-order valence-corrected chi connectivity index (χ0v) is 31.1. The fourth-order valence-electron chi connectivity index (χ4n) is 8.62. The third-order valence-electron chi connectivity index (χ3n) is 11.5. The van der Waals surface area contributed by atoms with E-state index in [1.54, 1.807) is 12.1 Å². The average molecular weight is 777 g/mol. The first-order chi connectivity index (χ1) is 27.7. The van der Waals surface area contributed by atoms with Gasteiger partial charge < -0.3 is 30.6 Å². The molecule has 292 valence electrons. The van der Waals surface area contributed by atoms with E-state index >= 15 is 19.2 Å². The molecule has 0 spiro atoms. The third kappa shape index (κ3) is 5.57. The molecule has 0 amide bonds. The number of Topliss-reactive ketones (excluding diaryl/α,β-unsaturated/α-hetero) is 4. The van der Waals surface area contributed by atoms with Gasteiger partial charge in [-0.3, -0.25) is 19.2 Å². The van der Waals surface area contributed by atoms with E-state index in [2.05, 4.69) is 0 Å². The lowest BCUT2D eigenvalue weighted by Gasteiger charge is -2.70. The summed E-state index contributed by atoms with van der Waals surface area (Å²) in [6.07, 6.45) is -2.23. The Morgan fingerprint density at radius 2 is 0.500 bits per heavy atom. The maximum atomic E-state index is 15.5. The Morgan fingerprint density at radius 1 is 0.293 bits per heavy atom. The van der Waals surface area contributed by atoms with Crippen molar-refractivity contribution in [3.63, 3.8) is 0 Å². The van der Waals surface area contributed by atoms with Gasteiger partial charge in [0, 0.05) is 35.1 Å². The van der Waals surface area contributed by atoms with Gasteiger partial charge in [0.15, 0.2) is 16.8 Å². The van der Waals surface area contributed by atoms with Gasteiger partial charge >= 0.3 is 0 Å². The van der Waals surface area contributed by atoms with E-state index in [4.69, 9.17) is 0 Å². The zero-order chi connectivity index (χ0) is 41.4. The van der Waals surface area contributed by atoms with Crippen LogP contribution in [-0.4, -0.2) is 87.4 Å². The van der Waals surface area contributed by atoms with Gasteiger partial charge in [-0.15, -0.1) is 0 Å². The molecule has 58 heavy (non-hydrogen) atoms. The van der Waals surface area contributed by atoms with Crippen LogP contribution in [0, 0.1) is 0 Å². The van der Waals surface area contributed by atoms with Crippen molar-refractivity contribution in [3.8, 4) is 0 Å². The van der Waals surface area contributed by atoms with Gasteiger partial charge in [0.05, 0.1) is 0 Å². The van der Waals surface area contributed by atoms with Crippen LogP contribution in [0.4, 0.5) is 0 Å². The van der Waals surface area contributed by atoms with Crippen molar-refractivity contribution in [1.82, 2.24) is 0 Å². The van der Waals surface area contributed by atoms with Crippen LogP contribution in [0.2, 0.25) is 0 Å². The normalized spacial score (nSPS) is 28.0. The van der Waals surface area contributed by atoms with E-state index in [0.717, 1.165) is 0 Å². The summed E-state index contributed by atoms with van der Waals surface area (Å²) < 4.78 is 0. The van der Waals surface area contributed by atoms with Crippen LogP contribution in [-0.2, 0) is 12.8 Å². The van der Waals surface area contributed by atoms with Gasteiger partial charge in [-0.05, 0) is 11.1 Å². The fraction of sp³-hybridized carbons (Fsp3) is 0.167. The molecule has 1 saturated carbocycles. The molecule has 6 aromatic rings. The molecule has 0 aliphatic heterocycles. The lowest BCUT2D eigenvalue weighted by molar-refractivity contribution is -0.383. The molecule has 10 nitrogen and oxygen atoms in total. The Balaban J connectivity index is 1.74. The van der Waals surface area contributed by atoms with Crippen LogP contribution in [0.1, 0.15) is 52.6 Å². The molecule has 0 saturated heterocycles. The molecule has 0 radical (unpaired) electrons. The second-order valence-electron chi connectivity index (χ2n) is 14.7. The van der Waals surface area contributed by atoms with Crippen LogP contribution in [0.3, 0.4) is 0 Å². The zero-order valence-electron chi connectivity index (χ0n) is 31.1. The second-order valence-corrected chi connectivity index (χ2v) is 14.7. The van der Waals surface area contributed by atoms with E-state index in [1.165, 1.54) is 170 Å². The first-order valence-corrected chi connectivity index (χ1v) is 18.5. The smallest absolute Gasteiger partial charge is 0.206 e. The minimum atomic E-state index is -4.32. The Morgan fingerprint density at radius 3 is 0.759 bits per heavy atom. The third-order valence-corrected chi connectivity index (χ3v) is 11.5. The standard InChI is InChI=1S/C48H40O10/c49-39(35-23-11-3-12-24-35)45(55)43(53,31-33-19-7-1-8-20-33)46(56,40(50)36-25-13-4-14-26-36)48(58,42(52)38-29-17-6-18-30-38)47(57,41(51)37-27-15-5-16-28-37)44(45,54)32-34-21-9-2-10-22-34/h1-30,53-58H,31-32H2/t43-,44-,45?,46+,47+,48?/m0/s1. The highest BCUT2D eigenvalue weighted by atomic mass is 16.5. The monoisotopic (exact) mass is 776 g/mol. The molecular weight excluding hydrogens is 737 g/mol. The summed E-state index contributed by atoms with van der Waals surface area (Å²) in [4.78, 5) is 62.0. The number of ketones is 4. The van der Waals surface area contributed by atoms with Gasteiger partial charge in [0.1, 0.15) is 11.2 Å². The van der Waals surface area contributed by atoms with Crippen LogP contribution < -0.4 is 0 Å². The van der Waals surface area contributed by atoms with Crippen molar-refractivity contribution < 1.29 is 49.8 Å². The maximum Gasteiger partial charge on any atom is 0.206 e. The molecule has 0 unspecified atom stereocenters. The summed E-state index contributed by atoms with van der Waals surface area (Å²) in [7, 11) is 0. The number of rotatable bonds is 12. The van der Waals surface area contributed by atoms with Crippen LogP contribution >= 0.6 is 0 Å². The summed E-state index contributed by atoms with van der Waals surface area (Å²) in [5, 5.41) is 82.8. The maximum absolute atomic E-state index is 15.5. The lowest BCUT2D eigenvalue weighted by atomic mass is 9.38. The fourth-order valence-corrected chi connectivity index (χ4v) is 8.62. The van der Waals surface area contributed by atoms with E-state index in [9.17, 15) is 30.6 Å². The summed E-state index contributed by atoms with van der Waals surface area (Å²) in [6, 6.07) is 41.6. The number of hydrogen-bond acceptors (Lipinski definition) is 10. The lowest BCUT2D eigenvalue weighted by Crippen LogP contribution is -3.00. The molecule has 10 heteroatoms. The quantitative estimate of drug-likeness (QED) is 0.0973. The number of carbonyl (C=O) groups excluding carboxylic acids is 4. The van der Waals surface area contributed by atoms with Crippen molar-refractivity contribution in [2.75, 3.05) is 0 Å². The number of benzene rings is 6. The van der Waals surface area contributed by atoms with E-state index in [0.29, 0.717) is 0 Å². The minimum Gasteiger partial charge on any atom is -0.382 e. The Labute approximate surface area is 334 Å². The predicted octanol–water partition coefficient (Wildman–Crippen LogP) is 4.40. The van der Waals surface area contributed by atoms with Gasteiger partial charge in [0.2, 0.25) is 28.7 Å². The molecule has 1 fully saturated rings.